The Morgan fingerprint density at radius 1 is 1.16 bits per heavy atom. The first-order chi connectivity index (χ1) is 12.2. The summed E-state index contributed by atoms with van der Waals surface area (Å²) in [6.07, 6.45) is 1.65. The molecule has 128 valence electrons. The van der Waals surface area contributed by atoms with Gasteiger partial charge in [-0.15, -0.1) is 0 Å². The number of aliphatic hydroxyl groups is 1. The van der Waals surface area contributed by atoms with Gasteiger partial charge in [0.25, 0.3) is 0 Å². The number of carbonyl (C=O) groups excluding carboxylic acids is 1. The lowest BCUT2D eigenvalue weighted by atomic mass is 10.1. The number of para-hydroxylation sites is 1. The zero-order valence-corrected chi connectivity index (χ0v) is 14.0. The van der Waals surface area contributed by atoms with Crippen molar-refractivity contribution in [2.24, 2.45) is 4.99 Å². The second kappa shape index (κ2) is 6.69. The molecule has 1 fully saturated rings. The molecule has 2 heterocycles. The van der Waals surface area contributed by atoms with E-state index >= 15 is 0 Å². The molecule has 0 aliphatic carbocycles. The lowest BCUT2D eigenvalue weighted by molar-refractivity contribution is -0.125. The molecule has 5 nitrogen and oxygen atoms in total. The maximum absolute atomic E-state index is 12.7. The Kier molecular flexibility index (Phi) is 4.24. The summed E-state index contributed by atoms with van der Waals surface area (Å²) in [7, 11) is 0. The Bertz CT molecular complexity index is 814. The summed E-state index contributed by atoms with van der Waals surface area (Å²) >= 11 is 0. The molecule has 1 atom stereocenters. The summed E-state index contributed by atoms with van der Waals surface area (Å²) in [5.74, 6) is 1.07. The molecular formula is C20H21N3O2. The topological polar surface area (TPSA) is 64.9 Å². The number of rotatable bonds is 4. The molecule has 5 heteroatoms. The van der Waals surface area contributed by atoms with Crippen LogP contribution < -0.4 is 5.32 Å². The Morgan fingerprint density at radius 2 is 1.92 bits per heavy atom. The van der Waals surface area contributed by atoms with E-state index in [1.165, 1.54) is 5.56 Å². The van der Waals surface area contributed by atoms with Crippen LogP contribution in [0.3, 0.4) is 0 Å². The lowest BCUT2D eigenvalue weighted by Gasteiger charge is -2.29. The Labute approximate surface area is 147 Å². The molecule has 1 saturated heterocycles. The molecule has 0 unspecified atom stereocenters. The summed E-state index contributed by atoms with van der Waals surface area (Å²) < 4.78 is 0. The fourth-order valence-corrected chi connectivity index (χ4v) is 3.49. The Hall–Kier alpha value is -2.66. The second-order valence-corrected chi connectivity index (χ2v) is 6.53. The van der Waals surface area contributed by atoms with Crippen molar-refractivity contribution in [2.75, 3.05) is 0 Å². The molecule has 2 aliphatic rings. The van der Waals surface area contributed by atoms with Crippen LogP contribution in [0.5, 0.6) is 0 Å². The van der Waals surface area contributed by atoms with Crippen molar-refractivity contribution in [1.82, 2.24) is 10.2 Å². The van der Waals surface area contributed by atoms with E-state index in [-0.39, 0.29) is 18.6 Å². The minimum absolute atomic E-state index is 0.0350. The smallest absolute Gasteiger partial charge is 0.243 e. The van der Waals surface area contributed by atoms with Crippen LogP contribution in [0, 0.1) is 0 Å². The molecule has 0 radical (unpaired) electrons. The van der Waals surface area contributed by atoms with Crippen LogP contribution in [-0.4, -0.2) is 27.8 Å². The van der Waals surface area contributed by atoms with Gasteiger partial charge < -0.3 is 15.3 Å². The van der Waals surface area contributed by atoms with Crippen LogP contribution >= 0.6 is 0 Å². The molecule has 2 aromatic rings. The van der Waals surface area contributed by atoms with Gasteiger partial charge in [-0.2, -0.15) is 0 Å². The van der Waals surface area contributed by atoms with E-state index in [1.807, 2.05) is 42.5 Å². The summed E-state index contributed by atoms with van der Waals surface area (Å²) in [6.45, 7) is 1.28. The average Bonchev–Trinajstić information content (AvgIpc) is 3.07. The average molecular weight is 335 g/mol. The predicted molar refractivity (Wildman–Crippen MR) is 96.3 cm³/mol. The van der Waals surface area contributed by atoms with Crippen molar-refractivity contribution >= 4 is 17.4 Å². The van der Waals surface area contributed by atoms with Crippen molar-refractivity contribution in [3.63, 3.8) is 0 Å². The third kappa shape index (κ3) is 3.15. The van der Waals surface area contributed by atoms with Crippen molar-refractivity contribution < 1.29 is 9.90 Å². The fourth-order valence-electron chi connectivity index (χ4n) is 3.49. The Morgan fingerprint density at radius 3 is 2.72 bits per heavy atom. The van der Waals surface area contributed by atoms with E-state index in [0.717, 1.165) is 42.0 Å². The van der Waals surface area contributed by atoms with Gasteiger partial charge in [-0.3, -0.25) is 4.79 Å². The van der Waals surface area contributed by atoms with E-state index in [2.05, 4.69) is 16.3 Å². The van der Waals surface area contributed by atoms with Crippen molar-refractivity contribution in [2.45, 2.75) is 38.6 Å². The van der Waals surface area contributed by atoms with E-state index in [0.29, 0.717) is 6.54 Å². The van der Waals surface area contributed by atoms with Crippen LogP contribution in [0.2, 0.25) is 0 Å². The van der Waals surface area contributed by atoms with E-state index in [4.69, 9.17) is 10.1 Å². The number of nitrogens with one attached hydrogen (secondary N) is 1. The van der Waals surface area contributed by atoms with Crippen LogP contribution in [-0.2, 0) is 24.5 Å². The normalized spacial score (nSPS) is 18.4. The summed E-state index contributed by atoms with van der Waals surface area (Å²) in [6, 6.07) is 15.6. The number of amidine groups is 1. The number of aliphatic imine (C=N–C) groups is 1. The number of hydrogen-bond acceptors (Lipinski definition) is 4. The maximum Gasteiger partial charge on any atom is 0.243 e. The number of benzene rings is 2. The summed E-state index contributed by atoms with van der Waals surface area (Å²) in [5, 5.41) is 12.1. The van der Waals surface area contributed by atoms with Crippen LogP contribution in [0.25, 0.3) is 0 Å². The molecule has 2 aliphatic heterocycles. The van der Waals surface area contributed by atoms with Gasteiger partial charge in [0.15, 0.2) is 0 Å². The number of aliphatic hydroxyl groups excluding tert-OH is 1. The fraction of sp³-hybridized carbons (Fsp3) is 0.300. The van der Waals surface area contributed by atoms with Crippen molar-refractivity contribution in [3.05, 3.63) is 65.2 Å². The highest BCUT2D eigenvalue weighted by Crippen LogP contribution is 2.32. The highest BCUT2D eigenvalue weighted by atomic mass is 16.3. The molecule has 0 saturated carbocycles. The first-order valence-electron chi connectivity index (χ1n) is 8.63. The molecule has 0 spiro atoms. The lowest BCUT2D eigenvalue weighted by Crippen LogP contribution is -2.44. The van der Waals surface area contributed by atoms with Crippen molar-refractivity contribution in [3.8, 4) is 0 Å². The number of fused-ring (bicyclic) bond motifs is 2. The standard InChI is InChI=1S/C20H21N3O2/c24-13-15-7-5-14(6-8-15)11-21-20(25)18-9-10-19-22-17-4-2-1-3-16(17)12-23(18)19/h1-8,18,24H,9-13H2,(H,21,25)/t18-/m0/s1. The molecule has 25 heavy (non-hydrogen) atoms. The molecule has 2 aromatic carbocycles. The third-order valence-corrected chi connectivity index (χ3v) is 4.91. The van der Waals surface area contributed by atoms with Gasteiger partial charge in [0.1, 0.15) is 11.9 Å². The first-order valence-corrected chi connectivity index (χ1v) is 8.63. The van der Waals surface area contributed by atoms with E-state index < -0.39 is 0 Å². The van der Waals surface area contributed by atoms with E-state index in [9.17, 15) is 4.79 Å². The first kappa shape index (κ1) is 15.8. The van der Waals surface area contributed by atoms with E-state index in [1.54, 1.807) is 0 Å². The molecule has 0 bridgehead atoms. The van der Waals surface area contributed by atoms with Gasteiger partial charge >= 0.3 is 0 Å². The maximum atomic E-state index is 12.7. The van der Waals surface area contributed by atoms with Crippen LogP contribution in [0.1, 0.15) is 29.5 Å². The zero-order chi connectivity index (χ0) is 17.2. The third-order valence-electron chi connectivity index (χ3n) is 4.91. The van der Waals surface area contributed by atoms with Gasteiger partial charge in [0, 0.05) is 19.5 Å². The summed E-state index contributed by atoms with van der Waals surface area (Å²) in [5.41, 5.74) is 4.10. The second-order valence-electron chi connectivity index (χ2n) is 6.53. The molecule has 4 rings (SSSR count). The van der Waals surface area contributed by atoms with Gasteiger partial charge in [-0.1, -0.05) is 42.5 Å². The number of hydrogen-bond donors (Lipinski definition) is 2. The van der Waals surface area contributed by atoms with Gasteiger partial charge in [0.2, 0.25) is 5.91 Å². The molecule has 0 aromatic heterocycles. The molecular weight excluding hydrogens is 314 g/mol. The van der Waals surface area contributed by atoms with Crippen molar-refractivity contribution in [1.29, 1.82) is 0 Å². The largest absolute Gasteiger partial charge is 0.392 e. The summed E-state index contributed by atoms with van der Waals surface area (Å²) in [4.78, 5) is 19.5. The highest BCUT2D eigenvalue weighted by Gasteiger charge is 2.36. The highest BCUT2D eigenvalue weighted by molar-refractivity contribution is 5.95. The van der Waals surface area contributed by atoms with Gasteiger partial charge in [0.05, 0.1) is 12.3 Å². The molecule has 1 amide bonds. The zero-order valence-electron chi connectivity index (χ0n) is 14.0. The number of nitrogens with zero attached hydrogens (tertiary/aromatic N) is 2. The van der Waals surface area contributed by atoms with Crippen LogP contribution in [0.15, 0.2) is 53.5 Å². The van der Waals surface area contributed by atoms with Crippen LogP contribution in [0.4, 0.5) is 5.69 Å². The van der Waals surface area contributed by atoms with Gasteiger partial charge in [-0.25, -0.2) is 4.99 Å². The number of carbonyl (C=O) groups is 1. The minimum atomic E-state index is -0.149. The van der Waals surface area contributed by atoms with Gasteiger partial charge in [-0.05, 0) is 29.2 Å². The molecule has 2 N–H and O–H groups in total. The predicted octanol–water partition coefficient (Wildman–Crippen LogP) is 2.50. The number of amides is 1. The quantitative estimate of drug-likeness (QED) is 0.902. The SMILES string of the molecule is O=C(NCc1ccc(CO)cc1)[C@@H]1CCC2=Nc3ccccc3CN21. The minimum Gasteiger partial charge on any atom is -0.392 e. The monoisotopic (exact) mass is 335 g/mol. The Balaban J connectivity index is 1.41.